The fraction of sp³-hybridized carbons (Fsp3) is 0.0625. The first-order valence-electron chi connectivity index (χ1n) is 6.03. The Morgan fingerprint density at radius 3 is 2.72 bits per heavy atom. The zero-order valence-electron chi connectivity index (χ0n) is 10.2. The normalized spacial score (nSPS) is 11.9. The van der Waals surface area contributed by atoms with E-state index >= 15 is 0 Å². The number of imidazole rings is 1. The third-order valence-corrected chi connectivity index (χ3v) is 3.16. The van der Waals surface area contributed by atoms with Crippen molar-refractivity contribution in [2.45, 2.75) is 6.92 Å². The molecule has 3 aromatic rings. The summed E-state index contributed by atoms with van der Waals surface area (Å²) in [5.74, 6) is 0. The Morgan fingerprint density at radius 1 is 1.11 bits per heavy atom. The van der Waals surface area contributed by atoms with Gasteiger partial charge in [-0.25, -0.2) is 4.98 Å². The molecule has 0 unspecified atom stereocenters. The first-order chi connectivity index (χ1) is 8.90. The smallest absolute Gasteiger partial charge is 0.0924 e. The van der Waals surface area contributed by atoms with Crippen LogP contribution >= 0.6 is 0 Å². The van der Waals surface area contributed by atoms with Crippen LogP contribution in [-0.2, 0) is 0 Å². The number of H-pyrrole nitrogens is 1. The fourth-order valence-corrected chi connectivity index (χ4v) is 2.32. The molecule has 0 spiro atoms. The number of aromatic nitrogens is 2. The number of hydrogen-bond acceptors (Lipinski definition) is 1. The second-order valence-corrected chi connectivity index (χ2v) is 4.19. The lowest BCUT2D eigenvalue weighted by atomic mass is 9.96. The van der Waals surface area contributed by atoms with E-state index in [1.165, 1.54) is 21.9 Å². The van der Waals surface area contributed by atoms with E-state index in [1.54, 1.807) is 6.33 Å². The summed E-state index contributed by atoms with van der Waals surface area (Å²) in [6, 6.07) is 14.8. The highest BCUT2D eigenvalue weighted by Gasteiger charge is 2.08. The molecule has 0 radical (unpaired) electrons. The van der Waals surface area contributed by atoms with E-state index in [1.807, 2.05) is 6.20 Å². The predicted octanol–water partition coefficient (Wildman–Crippen LogP) is 4.01. The van der Waals surface area contributed by atoms with Crippen LogP contribution in [0, 0.1) is 0 Å². The minimum absolute atomic E-state index is 1.05. The summed E-state index contributed by atoms with van der Waals surface area (Å²) in [4.78, 5) is 7.27. The quantitative estimate of drug-likeness (QED) is 0.713. The van der Waals surface area contributed by atoms with Gasteiger partial charge in [-0.05, 0) is 23.3 Å². The van der Waals surface area contributed by atoms with Crippen LogP contribution in [0.25, 0.3) is 16.3 Å². The van der Waals surface area contributed by atoms with Crippen LogP contribution in [0.15, 0.2) is 61.1 Å². The highest BCUT2D eigenvalue weighted by Crippen LogP contribution is 2.28. The molecule has 0 saturated carbocycles. The number of benzene rings is 2. The van der Waals surface area contributed by atoms with Crippen molar-refractivity contribution in [3.8, 4) is 0 Å². The average molecular weight is 234 g/mol. The van der Waals surface area contributed by atoms with Gasteiger partial charge >= 0.3 is 0 Å². The molecule has 0 aliphatic carbocycles. The third kappa shape index (κ3) is 1.72. The van der Waals surface area contributed by atoms with Crippen molar-refractivity contribution in [1.82, 2.24) is 9.97 Å². The molecule has 18 heavy (non-hydrogen) atoms. The summed E-state index contributed by atoms with van der Waals surface area (Å²) < 4.78 is 0. The standard InChI is InChI=1S/C16H14N2/c1-2-13(16-10-17-11-18-16)15-9-5-7-12-6-3-4-8-14(12)15/h2-11H,1H3,(H,17,18)/b13-2+. The van der Waals surface area contributed by atoms with E-state index in [0.717, 1.165) is 5.69 Å². The Hall–Kier alpha value is -2.35. The molecule has 3 rings (SSSR count). The molecular weight excluding hydrogens is 220 g/mol. The highest BCUT2D eigenvalue weighted by molar-refractivity contribution is 5.96. The van der Waals surface area contributed by atoms with Crippen LogP contribution in [0.3, 0.4) is 0 Å². The third-order valence-electron chi connectivity index (χ3n) is 3.16. The zero-order valence-corrected chi connectivity index (χ0v) is 10.2. The second-order valence-electron chi connectivity index (χ2n) is 4.19. The van der Waals surface area contributed by atoms with Crippen molar-refractivity contribution in [3.63, 3.8) is 0 Å². The van der Waals surface area contributed by atoms with Gasteiger partial charge in [0.25, 0.3) is 0 Å². The van der Waals surface area contributed by atoms with Crippen LogP contribution in [0.5, 0.6) is 0 Å². The summed E-state index contributed by atoms with van der Waals surface area (Å²) in [5, 5.41) is 2.52. The molecule has 0 aliphatic rings. The first-order valence-corrected chi connectivity index (χ1v) is 6.03. The van der Waals surface area contributed by atoms with Crippen LogP contribution in [0.4, 0.5) is 0 Å². The van der Waals surface area contributed by atoms with Gasteiger partial charge in [0.15, 0.2) is 0 Å². The van der Waals surface area contributed by atoms with Gasteiger partial charge in [-0.15, -0.1) is 0 Å². The minimum atomic E-state index is 1.05. The SMILES string of the molecule is C/C=C(/c1cnc[nH]1)c1cccc2ccccc12. The lowest BCUT2D eigenvalue weighted by molar-refractivity contribution is 1.30. The molecule has 0 amide bonds. The zero-order chi connectivity index (χ0) is 12.4. The summed E-state index contributed by atoms with van der Waals surface area (Å²) in [6.45, 7) is 2.05. The Morgan fingerprint density at radius 2 is 1.94 bits per heavy atom. The largest absolute Gasteiger partial charge is 0.345 e. The number of fused-ring (bicyclic) bond motifs is 1. The van der Waals surface area contributed by atoms with Gasteiger partial charge in [-0.1, -0.05) is 48.5 Å². The van der Waals surface area contributed by atoms with Crippen LogP contribution in [0.2, 0.25) is 0 Å². The monoisotopic (exact) mass is 234 g/mol. The van der Waals surface area contributed by atoms with Crippen molar-refractivity contribution >= 4 is 16.3 Å². The van der Waals surface area contributed by atoms with Crippen LogP contribution in [0.1, 0.15) is 18.2 Å². The Balaban J connectivity index is 2.26. The first kappa shape index (κ1) is 10.8. The van der Waals surface area contributed by atoms with Crippen LogP contribution < -0.4 is 0 Å². The number of hydrogen-bond donors (Lipinski definition) is 1. The molecule has 1 heterocycles. The molecule has 2 heteroatoms. The number of allylic oxidation sites excluding steroid dienone is 1. The van der Waals surface area contributed by atoms with Crippen molar-refractivity contribution in [1.29, 1.82) is 0 Å². The van der Waals surface area contributed by atoms with Gasteiger partial charge in [0.2, 0.25) is 0 Å². The molecule has 2 aromatic carbocycles. The maximum Gasteiger partial charge on any atom is 0.0924 e. The minimum Gasteiger partial charge on any atom is -0.345 e. The lowest BCUT2D eigenvalue weighted by Gasteiger charge is -2.09. The van der Waals surface area contributed by atoms with Gasteiger partial charge in [0, 0.05) is 5.57 Å². The summed E-state index contributed by atoms with van der Waals surface area (Å²) in [5.41, 5.74) is 3.47. The summed E-state index contributed by atoms with van der Waals surface area (Å²) >= 11 is 0. The Kier molecular flexibility index (Phi) is 2.69. The highest BCUT2D eigenvalue weighted by atomic mass is 14.9. The Labute approximate surface area is 106 Å². The number of aromatic amines is 1. The van der Waals surface area contributed by atoms with Gasteiger partial charge < -0.3 is 4.98 Å². The molecular formula is C16H14N2. The summed E-state index contributed by atoms with van der Waals surface area (Å²) in [7, 11) is 0. The molecule has 0 bridgehead atoms. The molecule has 0 fully saturated rings. The van der Waals surface area contributed by atoms with E-state index in [-0.39, 0.29) is 0 Å². The lowest BCUT2D eigenvalue weighted by Crippen LogP contribution is -1.89. The number of nitrogens with one attached hydrogen (secondary N) is 1. The van der Waals surface area contributed by atoms with E-state index < -0.39 is 0 Å². The average Bonchev–Trinajstić information content (AvgIpc) is 2.94. The van der Waals surface area contributed by atoms with E-state index in [9.17, 15) is 0 Å². The number of rotatable bonds is 2. The van der Waals surface area contributed by atoms with Crippen molar-refractivity contribution in [2.24, 2.45) is 0 Å². The van der Waals surface area contributed by atoms with Crippen molar-refractivity contribution < 1.29 is 0 Å². The second kappa shape index (κ2) is 4.49. The molecule has 1 aromatic heterocycles. The molecule has 0 aliphatic heterocycles. The van der Waals surface area contributed by atoms with Crippen molar-refractivity contribution in [2.75, 3.05) is 0 Å². The van der Waals surface area contributed by atoms with Gasteiger partial charge in [-0.3, -0.25) is 0 Å². The summed E-state index contributed by atoms with van der Waals surface area (Å²) in [6.07, 6.45) is 5.69. The molecule has 1 N–H and O–H groups in total. The van der Waals surface area contributed by atoms with Gasteiger partial charge in [-0.2, -0.15) is 0 Å². The number of nitrogens with zero attached hydrogens (tertiary/aromatic N) is 1. The molecule has 0 atom stereocenters. The van der Waals surface area contributed by atoms with Gasteiger partial charge in [0.05, 0.1) is 18.2 Å². The predicted molar refractivity (Wildman–Crippen MR) is 75.3 cm³/mol. The van der Waals surface area contributed by atoms with Crippen molar-refractivity contribution in [3.05, 3.63) is 72.3 Å². The van der Waals surface area contributed by atoms with E-state index in [0.29, 0.717) is 0 Å². The van der Waals surface area contributed by atoms with Gasteiger partial charge in [0.1, 0.15) is 0 Å². The van der Waals surface area contributed by atoms with Crippen LogP contribution in [-0.4, -0.2) is 9.97 Å². The fourth-order valence-electron chi connectivity index (χ4n) is 2.32. The maximum absolute atomic E-state index is 4.10. The topological polar surface area (TPSA) is 28.7 Å². The van der Waals surface area contributed by atoms with E-state index in [4.69, 9.17) is 0 Å². The Bertz CT molecular complexity index is 689. The van der Waals surface area contributed by atoms with E-state index in [2.05, 4.69) is 65.4 Å². The molecule has 2 nitrogen and oxygen atoms in total. The molecule has 88 valence electrons. The maximum atomic E-state index is 4.10. The molecule has 0 saturated heterocycles.